The topological polar surface area (TPSA) is 70.1 Å². The fourth-order valence-electron chi connectivity index (χ4n) is 6.14. The van der Waals surface area contributed by atoms with E-state index in [-0.39, 0.29) is 11.9 Å². The van der Waals surface area contributed by atoms with Gasteiger partial charge in [-0.2, -0.15) is 0 Å². The average molecular weight is 384 g/mol. The number of benzene rings is 1. The molecule has 6 nitrogen and oxygen atoms in total. The Morgan fingerprint density at radius 1 is 1.11 bits per heavy atom. The van der Waals surface area contributed by atoms with Crippen LogP contribution < -0.4 is 0 Å². The Morgan fingerprint density at radius 3 is 2.64 bits per heavy atom. The maximum atomic E-state index is 13.2. The molecule has 0 aromatic heterocycles. The Bertz CT molecular complexity index is 752. The molecule has 4 heterocycles. The van der Waals surface area contributed by atoms with Crippen LogP contribution in [0.5, 0.6) is 0 Å². The molecule has 4 fully saturated rings. The van der Waals surface area contributed by atoms with Crippen molar-refractivity contribution in [3.05, 3.63) is 35.9 Å². The highest BCUT2D eigenvalue weighted by molar-refractivity contribution is 5.92. The van der Waals surface area contributed by atoms with Crippen LogP contribution >= 0.6 is 0 Å². The molecule has 0 bridgehead atoms. The molecule has 4 aliphatic heterocycles. The summed E-state index contributed by atoms with van der Waals surface area (Å²) in [5.74, 6) is 0.166. The zero-order chi connectivity index (χ0) is 19.3. The van der Waals surface area contributed by atoms with Gasteiger partial charge in [-0.3, -0.25) is 9.69 Å². The van der Waals surface area contributed by atoms with Crippen LogP contribution in [0.4, 0.5) is 0 Å². The summed E-state index contributed by atoms with van der Waals surface area (Å²) in [7, 11) is 0. The van der Waals surface area contributed by atoms with Gasteiger partial charge in [-0.05, 0) is 69.2 Å². The number of aliphatic hydroxyl groups excluding tert-OH is 1. The van der Waals surface area contributed by atoms with E-state index in [2.05, 4.69) is 4.90 Å². The molecule has 0 saturated carbocycles. The summed E-state index contributed by atoms with van der Waals surface area (Å²) in [4.78, 5) is 30.3. The van der Waals surface area contributed by atoms with Crippen molar-refractivity contribution in [3.63, 3.8) is 0 Å². The van der Waals surface area contributed by atoms with Gasteiger partial charge < -0.3 is 14.7 Å². The van der Waals surface area contributed by atoms with E-state index in [1.165, 1.54) is 6.42 Å². The van der Waals surface area contributed by atoms with Crippen molar-refractivity contribution in [1.82, 2.24) is 9.80 Å². The molecule has 1 aromatic rings. The quantitative estimate of drug-likeness (QED) is 0.786. The summed E-state index contributed by atoms with van der Waals surface area (Å²) in [6, 6.07) is 9.28. The lowest BCUT2D eigenvalue weighted by atomic mass is 9.67. The van der Waals surface area contributed by atoms with E-state index in [0.29, 0.717) is 29.9 Å². The first kappa shape index (κ1) is 18.1. The third-order valence-electron chi connectivity index (χ3n) is 7.27. The predicted molar refractivity (Wildman–Crippen MR) is 103 cm³/mol. The number of fused-ring (bicyclic) bond motifs is 2. The lowest BCUT2D eigenvalue weighted by Gasteiger charge is -2.59. The molecular formula is C22H28N2O4. The SMILES string of the molecule is O=C(OC1C(=O)N2CC3CCCN4CCCC(C34)C2CC1O)c1ccccc1. The molecular weight excluding hydrogens is 356 g/mol. The molecule has 0 spiro atoms. The zero-order valence-corrected chi connectivity index (χ0v) is 16.1. The number of hydrogen-bond acceptors (Lipinski definition) is 5. The molecule has 1 amide bonds. The minimum absolute atomic E-state index is 0.0660. The van der Waals surface area contributed by atoms with E-state index in [0.717, 1.165) is 38.9 Å². The van der Waals surface area contributed by atoms with Gasteiger partial charge in [0.05, 0.1) is 5.56 Å². The Kier molecular flexibility index (Phi) is 4.63. The predicted octanol–water partition coefficient (Wildman–Crippen LogP) is 1.68. The number of aliphatic hydroxyl groups is 1. The minimum Gasteiger partial charge on any atom is -0.446 e. The van der Waals surface area contributed by atoms with Crippen LogP contribution in [0.15, 0.2) is 30.3 Å². The van der Waals surface area contributed by atoms with E-state index < -0.39 is 18.2 Å². The Morgan fingerprint density at radius 2 is 1.86 bits per heavy atom. The van der Waals surface area contributed by atoms with Crippen molar-refractivity contribution < 1.29 is 19.4 Å². The summed E-state index contributed by atoms with van der Waals surface area (Å²) in [5.41, 5.74) is 0.401. The van der Waals surface area contributed by atoms with Crippen molar-refractivity contribution in [1.29, 1.82) is 0 Å². The second kappa shape index (κ2) is 7.16. The van der Waals surface area contributed by atoms with E-state index in [1.54, 1.807) is 24.3 Å². The smallest absolute Gasteiger partial charge is 0.339 e. The van der Waals surface area contributed by atoms with Crippen LogP contribution in [0.1, 0.15) is 42.5 Å². The molecule has 6 atom stereocenters. The maximum absolute atomic E-state index is 13.2. The van der Waals surface area contributed by atoms with Gasteiger partial charge in [0.2, 0.25) is 6.10 Å². The molecule has 6 heteroatoms. The third kappa shape index (κ3) is 2.94. The first-order valence-corrected chi connectivity index (χ1v) is 10.6. The first-order valence-electron chi connectivity index (χ1n) is 10.6. The highest BCUT2D eigenvalue weighted by Crippen LogP contribution is 2.45. The van der Waals surface area contributed by atoms with Crippen molar-refractivity contribution in [2.24, 2.45) is 11.8 Å². The number of carbonyl (C=O) groups is 2. The van der Waals surface area contributed by atoms with E-state index in [4.69, 9.17) is 4.74 Å². The molecule has 0 radical (unpaired) electrons. The van der Waals surface area contributed by atoms with Gasteiger partial charge in [0.1, 0.15) is 6.10 Å². The Hall–Kier alpha value is -1.92. The molecule has 5 rings (SSSR count). The molecule has 28 heavy (non-hydrogen) atoms. The number of piperidine rings is 4. The number of amides is 1. The minimum atomic E-state index is -1.09. The van der Waals surface area contributed by atoms with Gasteiger partial charge in [-0.25, -0.2) is 4.79 Å². The molecule has 1 aromatic carbocycles. The van der Waals surface area contributed by atoms with Gasteiger partial charge in [0.15, 0.2) is 0 Å². The van der Waals surface area contributed by atoms with Gasteiger partial charge in [0, 0.05) is 18.6 Å². The summed E-state index contributed by atoms with van der Waals surface area (Å²) < 4.78 is 5.50. The third-order valence-corrected chi connectivity index (χ3v) is 7.27. The number of rotatable bonds is 2. The lowest BCUT2D eigenvalue weighted by Crippen LogP contribution is -2.70. The lowest BCUT2D eigenvalue weighted by molar-refractivity contribution is -0.175. The first-order chi connectivity index (χ1) is 13.6. The van der Waals surface area contributed by atoms with Crippen LogP contribution in [-0.4, -0.2) is 70.7 Å². The van der Waals surface area contributed by atoms with Crippen molar-refractivity contribution in [2.75, 3.05) is 19.6 Å². The molecule has 6 unspecified atom stereocenters. The molecule has 150 valence electrons. The summed E-state index contributed by atoms with van der Waals surface area (Å²) >= 11 is 0. The zero-order valence-electron chi connectivity index (χ0n) is 16.1. The molecule has 0 aliphatic carbocycles. The Balaban J connectivity index is 1.36. The molecule has 4 saturated heterocycles. The van der Waals surface area contributed by atoms with Crippen LogP contribution in [0.2, 0.25) is 0 Å². The van der Waals surface area contributed by atoms with Gasteiger partial charge >= 0.3 is 5.97 Å². The second-order valence-electron chi connectivity index (χ2n) is 8.79. The summed E-state index contributed by atoms with van der Waals surface area (Å²) in [5, 5.41) is 10.7. The number of esters is 1. The fraction of sp³-hybridized carbons (Fsp3) is 0.636. The average Bonchev–Trinajstić information content (AvgIpc) is 2.73. The highest BCUT2D eigenvalue weighted by atomic mass is 16.6. The van der Waals surface area contributed by atoms with E-state index in [9.17, 15) is 14.7 Å². The Labute approximate surface area is 165 Å². The van der Waals surface area contributed by atoms with Crippen molar-refractivity contribution in [2.45, 2.75) is 56.4 Å². The normalized spacial score (nSPS) is 37.8. The largest absolute Gasteiger partial charge is 0.446 e. The maximum Gasteiger partial charge on any atom is 0.339 e. The highest BCUT2D eigenvalue weighted by Gasteiger charge is 2.54. The number of carbonyl (C=O) groups excluding carboxylic acids is 2. The molecule has 4 aliphatic rings. The summed E-state index contributed by atoms with van der Waals surface area (Å²) in [6.07, 6.45) is 3.10. The van der Waals surface area contributed by atoms with Gasteiger partial charge in [-0.15, -0.1) is 0 Å². The fourth-order valence-corrected chi connectivity index (χ4v) is 6.14. The van der Waals surface area contributed by atoms with Crippen LogP contribution in [-0.2, 0) is 9.53 Å². The van der Waals surface area contributed by atoms with Crippen LogP contribution in [0.25, 0.3) is 0 Å². The second-order valence-corrected chi connectivity index (χ2v) is 8.79. The van der Waals surface area contributed by atoms with Crippen molar-refractivity contribution in [3.8, 4) is 0 Å². The molecule has 1 N–H and O–H groups in total. The van der Waals surface area contributed by atoms with Gasteiger partial charge in [-0.1, -0.05) is 18.2 Å². The van der Waals surface area contributed by atoms with Gasteiger partial charge in [0.25, 0.3) is 5.91 Å². The monoisotopic (exact) mass is 384 g/mol. The number of nitrogens with zero attached hydrogens (tertiary/aromatic N) is 2. The number of hydrogen-bond donors (Lipinski definition) is 1. The number of ether oxygens (including phenoxy) is 1. The standard InChI is InChI=1S/C22H28N2O4/c25-18-12-17-16-9-5-11-23-10-4-8-15(19(16)23)13-24(17)21(26)20(18)28-22(27)14-6-2-1-3-7-14/h1-3,6-7,15-20,25H,4-5,8-13H2. The van der Waals surface area contributed by atoms with Crippen LogP contribution in [0.3, 0.4) is 0 Å². The summed E-state index contributed by atoms with van der Waals surface area (Å²) in [6.45, 7) is 3.06. The van der Waals surface area contributed by atoms with E-state index >= 15 is 0 Å². The van der Waals surface area contributed by atoms with Crippen LogP contribution in [0, 0.1) is 11.8 Å². The van der Waals surface area contributed by atoms with Crippen molar-refractivity contribution >= 4 is 11.9 Å². The van der Waals surface area contributed by atoms with E-state index in [1.807, 2.05) is 11.0 Å².